The number of carbonyl (C=O) groups is 1. The topological polar surface area (TPSA) is 50.7 Å². The normalized spacial score (nSPS) is 10.5. The molecule has 0 saturated carbocycles. The number of hydrazone groups is 1. The molecular weight excluding hydrogens is 252 g/mol. The van der Waals surface area contributed by atoms with E-state index in [2.05, 4.69) is 10.5 Å². The maximum Gasteiger partial charge on any atom is 0.271 e. The van der Waals surface area contributed by atoms with Gasteiger partial charge in [0.2, 0.25) is 0 Å². The Bertz CT molecular complexity index is 636. The van der Waals surface area contributed by atoms with Gasteiger partial charge in [0, 0.05) is 5.56 Å². The second-order valence-electron chi connectivity index (χ2n) is 4.29. The van der Waals surface area contributed by atoms with E-state index in [0.717, 1.165) is 11.1 Å². The van der Waals surface area contributed by atoms with Crippen molar-refractivity contribution in [3.05, 3.63) is 65.2 Å². The van der Waals surface area contributed by atoms with E-state index in [9.17, 15) is 4.79 Å². The number of hydrogen-bond donors (Lipinski definition) is 1. The third-order valence-electron chi connectivity index (χ3n) is 2.89. The highest BCUT2D eigenvalue weighted by Crippen LogP contribution is 2.12. The quantitative estimate of drug-likeness (QED) is 0.684. The van der Waals surface area contributed by atoms with Gasteiger partial charge in [0.05, 0.1) is 13.3 Å². The van der Waals surface area contributed by atoms with E-state index in [1.807, 2.05) is 31.2 Å². The highest BCUT2D eigenvalue weighted by Gasteiger charge is 2.04. The average molecular weight is 268 g/mol. The standard InChI is InChI=1S/C16H16N2O2/c1-12-6-3-4-7-14(12)11-17-18-16(19)13-8-5-9-15(10-13)20-2/h3-11H,1-2H3,(H,18,19). The summed E-state index contributed by atoms with van der Waals surface area (Å²) in [6.45, 7) is 1.99. The Kier molecular flexibility index (Phi) is 4.50. The summed E-state index contributed by atoms with van der Waals surface area (Å²) in [6.07, 6.45) is 1.63. The molecular formula is C16H16N2O2. The van der Waals surface area contributed by atoms with Crippen LogP contribution in [0.2, 0.25) is 0 Å². The van der Waals surface area contributed by atoms with Crippen LogP contribution in [-0.4, -0.2) is 19.2 Å². The predicted molar refractivity (Wildman–Crippen MR) is 79.2 cm³/mol. The molecule has 4 nitrogen and oxygen atoms in total. The summed E-state index contributed by atoms with van der Waals surface area (Å²) in [5, 5.41) is 3.97. The predicted octanol–water partition coefficient (Wildman–Crippen LogP) is 2.77. The maximum absolute atomic E-state index is 11.9. The molecule has 0 fully saturated rings. The number of aryl methyl sites for hydroxylation is 1. The summed E-state index contributed by atoms with van der Waals surface area (Å²) in [5.74, 6) is 0.370. The zero-order valence-electron chi connectivity index (χ0n) is 11.5. The van der Waals surface area contributed by atoms with E-state index >= 15 is 0 Å². The van der Waals surface area contributed by atoms with Crippen LogP contribution in [0, 0.1) is 6.92 Å². The van der Waals surface area contributed by atoms with Crippen LogP contribution in [-0.2, 0) is 0 Å². The minimum absolute atomic E-state index is 0.270. The molecule has 0 saturated heterocycles. The highest BCUT2D eigenvalue weighted by molar-refractivity contribution is 5.95. The second-order valence-corrected chi connectivity index (χ2v) is 4.29. The van der Waals surface area contributed by atoms with Crippen molar-refractivity contribution < 1.29 is 9.53 Å². The molecule has 0 radical (unpaired) electrons. The molecule has 0 bridgehead atoms. The first kappa shape index (κ1) is 13.8. The molecule has 2 rings (SSSR count). The van der Waals surface area contributed by atoms with Crippen molar-refractivity contribution in [3.63, 3.8) is 0 Å². The fraction of sp³-hybridized carbons (Fsp3) is 0.125. The lowest BCUT2D eigenvalue weighted by molar-refractivity contribution is 0.0955. The van der Waals surface area contributed by atoms with E-state index in [-0.39, 0.29) is 5.91 Å². The first-order chi connectivity index (χ1) is 9.70. The summed E-state index contributed by atoms with van der Waals surface area (Å²) >= 11 is 0. The van der Waals surface area contributed by atoms with Crippen molar-refractivity contribution in [1.82, 2.24) is 5.43 Å². The van der Waals surface area contributed by atoms with Crippen LogP contribution in [0.5, 0.6) is 5.75 Å². The SMILES string of the molecule is COc1cccc(C(=O)NN=Cc2ccccc2C)c1. The molecule has 0 aliphatic rings. The lowest BCUT2D eigenvalue weighted by Crippen LogP contribution is -2.17. The molecule has 1 N–H and O–H groups in total. The summed E-state index contributed by atoms with van der Waals surface area (Å²) in [4.78, 5) is 11.9. The molecule has 0 unspecified atom stereocenters. The van der Waals surface area contributed by atoms with Gasteiger partial charge in [0.25, 0.3) is 5.91 Å². The zero-order valence-corrected chi connectivity index (χ0v) is 11.5. The molecule has 102 valence electrons. The zero-order chi connectivity index (χ0) is 14.4. The largest absolute Gasteiger partial charge is 0.497 e. The van der Waals surface area contributed by atoms with Crippen LogP contribution in [0.15, 0.2) is 53.6 Å². The molecule has 0 aliphatic heterocycles. The molecule has 0 heterocycles. The molecule has 2 aromatic carbocycles. The van der Waals surface area contributed by atoms with Gasteiger partial charge in [0.1, 0.15) is 5.75 Å². The number of hydrogen-bond acceptors (Lipinski definition) is 3. The summed E-state index contributed by atoms with van der Waals surface area (Å²) < 4.78 is 5.08. The Labute approximate surface area is 118 Å². The van der Waals surface area contributed by atoms with Gasteiger partial charge >= 0.3 is 0 Å². The number of benzene rings is 2. The number of nitrogens with zero attached hydrogens (tertiary/aromatic N) is 1. The number of amides is 1. The number of ether oxygens (including phenoxy) is 1. The van der Waals surface area contributed by atoms with Crippen LogP contribution in [0.4, 0.5) is 0 Å². The van der Waals surface area contributed by atoms with Crippen LogP contribution in [0.1, 0.15) is 21.5 Å². The van der Waals surface area contributed by atoms with Crippen molar-refractivity contribution in [2.45, 2.75) is 6.92 Å². The van der Waals surface area contributed by atoms with Gasteiger partial charge in [0.15, 0.2) is 0 Å². The molecule has 0 aromatic heterocycles. The highest BCUT2D eigenvalue weighted by atomic mass is 16.5. The van der Waals surface area contributed by atoms with Crippen molar-refractivity contribution in [3.8, 4) is 5.75 Å². The van der Waals surface area contributed by atoms with E-state index in [1.54, 1.807) is 37.6 Å². The lowest BCUT2D eigenvalue weighted by Gasteiger charge is -2.03. The third kappa shape index (κ3) is 3.45. The Hall–Kier alpha value is -2.62. The lowest BCUT2D eigenvalue weighted by atomic mass is 10.1. The molecule has 1 amide bonds. The van der Waals surface area contributed by atoms with Crippen molar-refractivity contribution in [2.75, 3.05) is 7.11 Å². The number of methoxy groups -OCH3 is 1. The van der Waals surface area contributed by atoms with Gasteiger partial charge < -0.3 is 4.74 Å². The van der Waals surface area contributed by atoms with Gasteiger partial charge in [-0.05, 0) is 36.2 Å². The number of carbonyl (C=O) groups excluding carboxylic acids is 1. The van der Waals surface area contributed by atoms with Gasteiger partial charge in [-0.1, -0.05) is 30.3 Å². The molecule has 2 aromatic rings. The summed E-state index contributed by atoms with van der Waals surface area (Å²) in [5.41, 5.74) is 5.08. The Balaban J connectivity index is 2.03. The van der Waals surface area contributed by atoms with Crippen molar-refractivity contribution in [1.29, 1.82) is 0 Å². The van der Waals surface area contributed by atoms with Gasteiger partial charge in [-0.2, -0.15) is 5.10 Å². The molecule has 0 atom stereocenters. The Morgan fingerprint density at radius 1 is 1.20 bits per heavy atom. The smallest absolute Gasteiger partial charge is 0.271 e. The van der Waals surface area contributed by atoms with E-state index in [1.165, 1.54) is 0 Å². The molecule has 20 heavy (non-hydrogen) atoms. The van der Waals surface area contributed by atoms with Gasteiger partial charge in [-0.15, -0.1) is 0 Å². The number of nitrogens with one attached hydrogen (secondary N) is 1. The monoisotopic (exact) mass is 268 g/mol. The van der Waals surface area contributed by atoms with Crippen LogP contribution in [0.3, 0.4) is 0 Å². The second kappa shape index (κ2) is 6.52. The minimum Gasteiger partial charge on any atom is -0.497 e. The minimum atomic E-state index is -0.270. The fourth-order valence-electron chi connectivity index (χ4n) is 1.72. The maximum atomic E-state index is 11.9. The van der Waals surface area contributed by atoms with Crippen molar-refractivity contribution >= 4 is 12.1 Å². The van der Waals surface area contributed by atoms with Crippen LogP contribution in [0.25, 0.3) is 0 Å². The molecule has 0 aliphatic carbocycles. The van der Waals surface area contributed by atoms with E-state index in [4.69, 9.17) is 4.74 Å². The average Bonchev–Trinajstić information content (AvgIpc) is 2.49. The van der Waals surface area contributed by atoms with E-state index < -0.39 is 0 Å². The van der Waals surface area contributed by atoms with Crippen LogP contribution < -0.4 is 10.2 Å². The van der Waals surface area contributed by atoms with Gasteiger partial charge in [-0.25, -0.2) is 5.43 Å². The fourth-order valence-corrected chi connectivity index (χ4v) is 1.72. The van der Waals surface area contributed by atoms with Crippen molar-refractivity contribution in [2.24, 2.45) is 5.10 Å². The van der Waals surface area contributed by atoms with E-state index in [0.29, 0.717) is 11.3 Å². The first-order valence-electron chi connectivity index (χ1n) is 6.24. The van der Waals surface area contributed by atoms with Gasteiger partial charge in [-0.3, -0.25) is 4.79 Å². The summed E-state index contributed by atoms with van der Waals surface area (Å²) in [6, 6.07) is 14.7. The number of rotatable bonds is 4. The Morgan fingerprint density at radius 2 is 2.00 bits per heavy atom. The molecule has 0 spiro atoms. The Morgan fingerprint density at radius 3 is 2.75 bits per heavy atom. The third-order valence-corrected chi connectivity index (χ3v) is 2.89. The first-order valence-corrected chi connectivity index (χ1v) is 6.24. The molecule has 4 heteroatoms. The summed E-state index contributed by atoms with van der Waals surface area (Å²) in [7, 11) is 1.56. The van der Waals surface area contributed by atoms with Crippen LogP contribution >= 0.6 is 0 Å².